The molecule has 1 saturated carbocycles. The van der Waals surface area contributed by atoms with Gasteiger partial charge in [0, 0.05) is 17.7 Å². The SMILES string of the molecule is CCCc1c(OCCCCN2C(=O)NC3(CCCC3)C2=O)ccc2c1COC2(C(F)(F)F)C(F)(F)F. The zero-order chi connectivity index (χ0) is 26.4. The van der Waals surface area contributed by atoms with Crippen LogP contribution in [0.2, 0.25) is 0 Å². The Hall–Kier alpha value is -2.50. The first-order chi connectivity index (χ1) is 16.9. The fourth-order valence-corrected chi connectivity index (χ4v) is 5.46. The maximum Gasteiger partial charge on any atom is 0.430 e. The first-order valence-electron chi connectivity index (χ1n) is 12.1. The lowest BCUT2D eigenvalue weighted by Crippen LogP contribution is -2.53. The number of amides is 3. The summed E-state index contributed by atoms with van der Waals surface area (Å²) in [6.45, 7) is 1.26. The smallest absolute Gasteiger partial charge is 0.430 e. The summed E-state index contributed by atoms with van der Waals surface area (Å²) in [5, 5.41) is 2.80. The summed E-state index contributed by atoms with van der Waals surface area (Å²) < 4.78 is 92.1. The molecule has 6 nitrogen and oxygen atoms in total. The van der Waals surface area contributed by atoms with Crippen molar-refractivity contribution in [2.45, 2.75) is 88.4 Å². The van der Waals surface area contributed by atoms with Crippen LogP contribution in [-0.2, 0) is 28.2 Å². The van der Waals surface area contributed by atoms with Crippen LogP contribution in [0.5, 0.6) is 5.75 Å². The average molecular weight is 522 g/mol. The molecule has 0 bridgehead atoms. The van der Waals surface area contributed by atoms with E-state index in [0.717, 1.165) is 25.0 Å². The van der Waals surface area contributed by atoms with Crippen molar-refractivity contribution in [3.05, 3.63) is 28.8 Å². The number of alkyl halides is 6. The molecule has 0 radical (unpaired) electrons. The maximum atomic E-state index is 13.6. The number of imide groups is 1. The van der Waals surface area contributed by atoms with Gasteiger partial charge in [0.15, 0.2) is 0 Å². The Kier molecular flexibility index (Phi) is 6.95. The van der Waals surface area contributed by atoms with E-state index < -0.39 is 41.7 Å². The van der Waals surface area contributed by atoms with Gasteiger partial charge in [-0.3, -0.25) is 9.69 Å². The van der Waals surface area contributed by atoms with Crippen LogP contribution < -0.4 is 10.1 Å². The number of ether oxygens (including phenoxy) is 2. The molecule has 2 aliphatic heterocycles. The summed E-state index contributed by atoms with van der Waals surface area (Å²) in [7, 11) is 0. The van der Waals surface area contributed by atoms with E-state index in [1.807, 2.05) is 0 Å². The molecule has 1 aromatic rings. The normalized spacial score (nSPS) is 20.8. The van der Waals surface area contributed by atoms with E-state index in [-0.39, 0.29) is 42.4 Å². The van der Waals surface area contributed by atoms with E-state index in [4.69, 9.17) is 4.74 Å². The van der Waals surface area contributed by atoms with Gasteiger partial charge in [0.05, 0.1) is 13.2 Å². The Balaban J connectivity index is 1.42. The third-order valence-corrected chi connectivity index (χ3v) is 7.24. The highest BCUT2D eigenvalue weighted by atomic mass is 19.4. The summed E-state index contributed by atoms with van der Waals surface area (Å²) in [5.41, 5.74) is -5.97. The highest BCUT2D eigenvalue weighted by Crippen LogP contribution is 2.58. The summed E-state index contributed by atoms with van der Waals surface area (Å²) in [6, 6.07) is 1.50. The molecule has 3 aliphatic rings. The van der Waals surface area contributed by atoms with E-state index in [9.17, 15) is 35.9 Å². The predicted molar refractivity (Wildman–Crippen MR) is 115 cm³/mol. The number of hydrogen-bond donors (Lipinski definition) is 1. The molecular formula is C24H28F6N2O4. The van der Waals surface area contributed by atoms with Gasteiger partial charge in [-0.1, -0.05) is 32.3 Å². The van der Waals surface area contributed by atoms with Gasteiger partial charge < -0.3 is 14.8 Å². The van der Waals surface area contributed by atoms with Gasteiger partial charge >= 0.3 is 18.4 Å². The number of halogens is 6. The molecule has 1 spiro atoms. The van der Waals surface area contributed by atoms with Crippen LogP contribution in [-0.4, -0.2) is 47.9 Å². The lowest BCUT2D eigenvalue weighted by Gasteiger charge is -2.33. The number of nitrogens with one attached hydrogen (secondary N) is 1. The highest BCUT2D eigenvalue weighted by molar-refractivity contribution is 6.07. The minimum absolute atomic E-state index is 0.120. The molecule has 200 valence electrons. The molecule has 12 heteroatoms. The minimum atomic E-state index is -5.68. The average Bonchev–Trinajstić information content (AvgIpc) is 3.47. The molecule has 4 rings (SSSR count). The largest absolute Gasteiger partial charge is 0.493 e. The minimum Gasteiger partial charge on any atom is -0.493 e. The lowest BCUT2D eigenvalue weighted by atomic mass is 9.87. The van der Waals surface area contributed by atoms with Gasteiger partial charge in [-0.25, -0.2) is 4.79 Å². The number of urea groups is 1. The highest BCUT2D eigenvalue weighted by Gasteiger charge is 2.75. The Morgan fingerprint density at radius 1 is 1.06 bits per heavy atom. The van der Waals surface area contributed by atoms with Crippen LogP contribution in [0, 0.1) is 0 Å². The number of hydrogen-bond acceptors (Lipinski definition) is 4. The molecule has 1 aromatic carbocycles. The number of nitrogens with zero attached hydrogens (tertiary/aromatic N) is 1. The van der Waals surface area contributed by atoms with Crippen molar-refractivity contribution in [2.75, 3.05) is 13.2 Å². The Labute approximate surface area is 204 Å². The summed E-state index contributed by atoms with van der Waals surface area (Å²) in [5.74, 6) is -0.00756. The van der Waals surface area contributed by atoms with E-state index >= 15 is 0 Å². The summed E-state index contributed by atoms with van der Waals surface area (Å²) in [4.78, 5) is 26.1. The maximum absolute atomic E-state index is 13.6. The van der Waals surface area contributed by atoms with Gasteiger partial charge in [0.1, 0.15) is 11.3 Å². The van der Waals surface area contributed by atoms with Crippen LogP contribution >= 0.6 is 0 Å². The van der Waals surface area contributed by atoms with Crippen molar-refractivity contribution in [1.29, 1.82) is 0 Å². The molecule has 0 atom stereocenters. The Morgan fingerprint density at radius 3 is 2.33 bits per heavy atom. The van der Waals surface area contributed by atoms with Gasteiger partial charge in [-0.15, -0.1) is 0 Å². The van der Waals surface area contributed by atoms with Crippen LogP contribution in [0.15, 0.2) is 12.1 Å². The van der Waals surface area contributed by atoms with Gasteiger partial charge in [0.25, 0.3) is 11.5 Å². The van der Waals surface area contributed by atoms with Gasteiger partial charge in [-0.05, 0) is 43.7 Å². The number of benzene rings is 1. The first-order valence-corrected chi connectivity index (χ1v) is 12.1. The first kappa shape index (κ1) is 26.6. The molecule has 1 saturated heterocycles. The third kappa shape index (κ3) is 4.20. The molecular weight excluding hydrogens is 494 g/mol. The molecule has 36 heavy (non-hydrogen) atoms. The number of unbranched alkanes of at least 4 members (excludes halogenated alkanes) is 1. The second-order valence-corrected chi connectivity index (χ2v) is 9.52. The van der Waals surface area contributed by atoms with Crippen molar-refractivity contribution in [3.63, 3.8) is 0 Å². The Bertz CT molecular complexity index is 1000. The van der Waals surface area contributed by atoms with E-state index in [1.165, 1.54) is 4.90 Å². The van der Waals surface area contributed by atoms with Gasteiger partial charge in [-0.2, -0.15) is 26.3 Å². The van der Waals surface area contributed by atoms with Crippen LogP contribution in [0.4, 0.5) is 31.1 Å². The third-order valence-electron chi connectivity index (χ3n) is 7.24. The standard InChI is InChI=1S/C24H28F6N2O4/c1-2-7-15-16-14-36-22(23(25,26)27,24(28,29)30)17(16)8-9-18(15)35-13-6-5-12-32-19(33)21(31-20(32)34)10-3-4-11-21/h8-9H,2-7,10-14H2,1H3,(H,31,34). The van der Waals surface area contributed by atoms with Crippen molar-refractivity contribution < 1.29 is 45.4 Å². The fraction of sp³-hybridized carbons (Fsp3) is 0.667. The Morgan fingerprint density at radius 2 is 1.72 bits per heavy atom. The second-order valence-electron chi connectivity index (χ2n) is 9.52. The summed E-state index contributed by atoms with van der Waals surface area (Å²) >= 11 is 0. The summed E-state index contributed by atoms with van der Waals surface area (Å²) in [6.07, 6.45) is -6.77. The molecule has 1 aliphatic carbocycles. The van der Waals surface area contributed by atoms with Crippen molar-refractivity contribution >= 4 is 11.9 Å². The zero-order valence-corrected chi connectivity index (χ0v) is 19.8. The lowest BCUT2D eigenvalue weighted by molar-refractivity contribution is -0.385. The molecule has 0 unspecified atom stereocenters. The zero-order valence-electron chi connectivity index (χ0n) is 19.8. The molecule has 3 amide bonds. The van der Waals surface area contributed by atoms with Crippen molar-refractivity contribution in [1.82, 2.24) is 10.2 Å². The quantitative estimate of drug-likeness (QED) is 0.278. The van der Waals surface area contributed by atoms with E-state index in [0.29, 0.717) is 32.1 Å². The number of rotatable bonds is 8. The monoisotopic (exact) mass is 522 g/mol. The topological polar surface area (TPSA) is 67.9 Å². The van der Waals surface area contributed by atoms with Gasteiger partial charge in [0.2, 0.25) is 0 Å². The predicted octanol–water partition coefficient (Wildman–Crippen LogP) is 5.51. The number of carbonyl (C=O) groups excluding carboxylic acids is 2. The van der Waals surface area contributed by atoms with Crippen molar-refractivity contribution in [3.8, 4) is 5.75 Å². The molecule has 2 fully saturated rings. The van der Waals surface area contributed by atoms with Crippen molar-refractivity contribution in [2.24, 2.45) is 0 Å². The van der Waals surface area contributed by atoms with Crippen LogP contribution in [0.1, 0.15) is 68.6 Å². The van der Waals surface area contributed by atoms with Crippen LogP contribution in [0.25, 0.3) is 0 Å². The number of carbonyl (C=O) groups is 2. The molecule has 0 aromatic heterocycles. The molecule has 1 N–H and O–H groups in total. The number of fused-ring (bicyclic) bond motifs is 1. The van der Waals surface area contributed by atoms with E-state index in [1.54, 1.807) is 6.92 Å². The molecule has 2 heterocycles. The van der Waals surface area contributed by atoms with E-state index in [2.05, 4.69) is 10.1 Å². The fourth-order valence-electron chi connectivity index (χ4n) is 5.46. The second kappa shape index (κ2) is 9.42. The van der Waals surface area contributed by atoms with Crippen LogP contribution in [0.3, 0.4) is 0 Å².